The highest BCUT2D eigenvalue weighted by Crippen LogP contribution is 2.30. The predicted molar refractivity (Wildman–Crippen MR) is 134 cm³/mol. The minimum absolute atomic E-state index is 0.300. The Labute approximate surface area is 204 Å². The molecule has 4 aromatic rings. The zero-order chi connectivity index (χ0) is 24.6. The molecular formula is C26H29N7O2. The van der Waals surface area contributed by atoms with E-state index in [0.717, 1.165) is 41.6 Å². The first-order chi connectivity index (χ1) is 17.1. The van der Waals surface area contributed by atoms with Crippen molar-refractivity contribution in [2.75, 3.05) is 18.1 Å². The number of anilines is 1. The standard InChI is InChI=1S/C26H29N7O2/c1-4-6-15-33(25-23(26(34)35-5-2)16-27-18(3)28-25)17-19-11-13-20(14-12-19)21-9-7-8-10-22(21)24-29-31-32-30-24/h7-14,16H,4-6,15,17H2,1-3H3,(H,29,30,31,32). The fourth-order valence-corrected chi connectivity index (χ4v) is 3.88. The zero-order valence-corrected chi connectivity index (χ0v) is 20.2. The van der Waals surface area contributed by atoms with Crippen molar-refractivity contribution in [2.45, 2.75) is 40.2 Å². The highest BCUT2D eigenvalue weighted by atomic mass is 16.5. The van der Waals surface area contributed by atoms with Crippen molar-refractivity contribution in [3.63, 3.8) is 0 Å². The van der Waals surface area contributed by atoms with Crippen LogP contribution in [0.3, 0.4) is 0 Å². The number of H-pyrrole nitrogens is 1. The van der Waals surface area contributed by atoms with Gasteiger partial charge in [0.2, 0.25) is 5.82 Å². The Morgan fingerprint density at radius 3 is 2.51 bits per heavy atom. The summed E-state index contributed by atoms with van der Waals surface area (Å²) in [5.74, 6) is 1.37. The number of hydrogen-bond donors (Lipinski definition) is 1. The van der Waals surface area contributed by atoms with Gasteiger partial charge in [0.15, 0.2) is 0 Å². The molecule has 0 aliphatic rings. The lowest BCUT2D eigenvalue weighted by atomic mass is 9.98. The van der Waals surface area contributed by atoms with Crippen LogP contribution >= 0.6 is 0 Å². The molecule has 0 bridgehead atoms. The van der Waals surface area contributed by atoms with Gasteiger partial charge in [0, 0.05) is 24.8 Å². The van der Waals surface area contributed by atoms with E-state index in [1.54, 1.807) is 13.1 Å². The van der Waals surface area contributed by atoms with Gasteiger partial charge in [-0.2, -0.15) is 5.21 Å². The summed E-state index contributed by atoms with van der Waals surface area (Å²) in [4.78, 5) is 23.6. The summed E-state index contributed by atoms with van der Waals surface area (Å²) >= 11 is 0. The van der Waals surface area contributed by atoms with E-state index in [0.29, 0.717) is 36.2 Å². The van der Waals surface area contributed by atoms with E-state index in [9.17, 15) is 4.79 Å². The molecule has 0 aliphatic heterocycles. The summed E-state index contributed by atoms with van der Waals surface area (Å²) in [6, 6.07) is 16.3. The minimum Gasteiger partial charge on any atom is -0.462 e. The van der Waals surface area contributed by atoms with Gasteiger partial charge >= 0.3 is 5.97 Å². The third-order valence-electron chi connectivity index (χ3n) is 5.62. The summed E-state index contributed by atoms with van der Waals surface area (Å²) in [7, 11) is 0. The number of hydrogen-bond acceptors (Lipinski definition) is 8. The minimum atomic E-state index is -0.405. The first-order valence-corrected chi connectivity index (χ1v) is 11.8. The number of carbonyl (C=O) groups is 1. The fourth-order valence-electron chi connectivity index (χ4n) is 3.88. The highest BCUT2D eigenvalue weighted by molar-refractivity contribution is 5.94. The summed E-state index contributed by atoms with van der Waals surface area (Å²) in [6.45, 7) is 7.43. The van der Waals surface area contributed by atoms with Crippen LogP contribution in [0.1, 0.15) is 48.4 Å². The molecule has 35 heavy (non-hydrogen) atoms. The van der Waals surface area contributed by atoms with Gasteiger partial charge in [-0.15, -0.1) is 10.2 Å². The van der Waals surface area contributed by atoms with Gasteiger partial charge in [-0.1, -0.05) is 61.9 Å². The van der Waals surface area contributed by atoms with Crippen molar-refractivity contribution >= 4 is 11.8 Å². The van der Waals surface area contributed by atoms with Gasteiger partial charge in [-0.3, -0.25) is 0 Å². The number of esters is 1. The Kier molecular flexibility index (Phi) is 7.77. The molecule has 0 fully saturated rings. The van der Waals surface area contributed by atoms with Crippen LogP contribution in [0, 0.1) is 6.92 Å². The molecule has 0 spiro atoms. The van der Waals surface area contributed by atoms with Crippen molar-refractivity contribution in [1.82, 2.24) is 30.6 Å². The fraction of sp³-hybridized carbons (Fsp3) is 0.308. The first kappa shape index (κ1) is 24.0. The smallest absolute Gasteiger partial charge is 0.343 e. The molecule has 0 atom stereocenters. The SMILES string of the molecule is CCCCN(Cc1ccc(-c2ccccc2-c2nn[nH]n2)cc1)c1nc(C)ncc1C(=O)OCC. The lowest BCUT2D eigenvalue weighted by Gasteiger charge is -2.26. The Bertz CT molecular complexity index is 1260. The largest absolute Gasteiger partial charge is 0.462 e. The molecule has 1 N–H and O–H groups in total. The summed E-state index contributed by atoms with van der Waals surface area (Å²) in [6.07, 6.45) is 3.56. The molecule has 4 rings (SSSR count). The van der Waals surface area contributed by atoms with Crippen molar-refractivity contribution in [1.29, 1.82) is 0 Å². The maximum atomic E-state index is 12.6. The number of carbonyl (C=O) groups excluding carboxylic acids is 1. The molecule has 9 nitrogen and oxygen atoms in total. The van der Waals surface area contributed by atoms with Crippen LogP contribution in [0.2, 0.25) is 0 Å². The summed E-state index contributed by atoms with van der Waals surface area (Å²) < 4.78 is 5.26. The number of tetrazole rings is 1. The Morgan fingerprint density at radius 2 is 1.83 bits per heavy atom. The van der Waals surface area contributed by atoms with E-state index in [2.05, 4.69) is 66.7 Å². The second kappa shape index (κ2) is 11.3. The van der Waals surface area contributed by atoms with E-state index < -0.39 is 5.97 Å². The number of nitrogens with zero attached hydrogens (tertiary/aromatic N) is 6. The summed E-state index contributed by atoms with van der Waals surface area (Å²) in [5, 5.41) is 14.5. The predicted octanol–water partition coefficient (Wildman–Crippen LogP) is 4.62. The molecule has 2 aromatic heterocycles. The third-order valence-corrected chi connectivity index (χ3v) is 5.62. The molecule has 0 radical (unpaired) electrons. The third kappa shape index (κ3) is 5.68. The highest BCUT2D eigenvalue weighted by Gasteiger charge is 2.21. The van der Waals surface area contributed by atoms with Crippen molar-refractivity contribution in [3.05, 3.63) is 71.7 Å². The number of benzene rings is 2. The second-order valence-corrected chi connectivity index (χ2v) is 8.13. The van der Waals surface area contributed by atoms with Crippen molar-refractivity contribution in [2.24, 2.45) is 0 Å². The molecular weight excluding hydrogens is 442 g/mol. The molecule has 0 saturated heterocycles. The van der Waals surface area contributed by atoms with Crippen LogP contribution in [0.5, 0.6) is 0 Å². The molecule has 2 aromatic carbocycles. The van der Waals surface area contributed by atoms with Crippen LogP contribution in [0.15, 0.2) is 54.7 Å². The van der Waals surface area contributed by atoms with Gasteiger partial charge in [0.05, 0.1) is 6.61 Å². The Hall–Kier alpha value is -4.14. The monoisotopic (exact) mass is 471 g/mol. The average Bonchev–Trinajstić information content (AvgIpc) is 3.42. The molecule has 0 amide bonds. The topological polar surface area (TPSA) is 110 Å². The first-order valence-electron chi connectivity index (χ1n) is 11.8. The zero-order valence-electron chi connectivity index (χ0n) is 20.2. The van der Waals surface area contributed by atoms with Gasteiger partial charge < -0.3 is 9.64 Å². The molecule has 0 unspecified atom stereocenters. The molecule has 0 aliphatic carbocycles. The maximum Gasteiger partial charge on any atom is 0.343 e. The van der Waals surface area contributed by atoms with E-state index in [1.807, 2.05) is 31.2 Å². The number of nitrogens with one attached hydrogen (secondary N) is 1. The van der Waals surface area contributed by atoms with E-state index in [1.165, 1.54) is 0 Å². The van der Waals surface area contributed by atoms with E-state index in [-0.39, 0.29) is 0 Å². The van der Waals surface area contributed by atoms with Gasteiger partial charge in [0.1, 0.15) is 17.2 Å². The molecule has 180 valence electrons. The van der Waals surface area contributed by atoms with Gasteiger partial charge in [0.25, 0.3) is 0 Å². The lowest BCUT2D eigenvalue weighted by Crippen LogP contribution is -2.28. The number of aromatic nitrogens is 6. The number of ether oxygens (including phenoxy) is 1. The Balaban J connectivity index is 1.63. The molecule has 0 saturated carbocycles. The molecule has 9 heteroatoms. The number of aromatic amines is 1. The van der Waals surface area contributed by atoms with Crippen LogP contribution in [-0.2, 0) is 11.3 Å². The normalized spacial score (nSPS) is 10.8. The second-order valence-electron chi connectivity index (χ2n) is 8.13. The molecule has 2 heterocycles. The van der Waals surface area contributed by atoms with Crippen LogP contribution in [0.25, 0.3) is 22.5 Å². The van der Waals surface area contributed by atoms with Gasteiger partial charge in [-0.05, 0) is 42.2 Å². The average molecular weight is 472 g/mol. The van der Waals surface area contributed by atoms with E-state index >= 15 is 0 Å². The maximum absolute atomic E-state index is 12.6. The van der Waals surface area contributed by atoms with Crippen LogP contribution in [-0.4, -0.2) is 49.7 Å². The van der Waals surface area contributed by atoms with E-state index in [4.69, 9.17) is 4.74 Å². The lowest BCUT2D eigenvalue weighted by molar-refractivity contribution is 0.0526. The van der Waals surface area contributed by atoms with Gasteiger partial charge in [-0.25, -0.2) is 14.8 Å². The van der Waals surface area contributed by atoms with Crippen molar-refractivity contribution < 1.29 is 9.53 Å². The summed E-state index contributed by atoms with van der Waals surface area (Å²) in [5.41, 5.74) is 4.49. The van der Waals surface area contributed by atoms with Crippen LogP contribution < -0.4 is 4.90 Å². The quantitative estimate of drug-likeness (QED) is 0.334. The Morgan fingerprint density at radius 1 is 1.06 bits per heavy atom. The van der Waals surface area contributed by atoms with Crippen molar-refractivity contribution in [3.8, 4) is 22.5 Å². The number of unbranched alkanes of at least 4 members (excludes halogenated alkanes) is 1. The number of rotatable bonds is 10. The number of aryl methyl sites for hydroxylation is 1. The van der Waals surface area contributed by atoms with Crippen LogP contribution in [0.4, 0.5) is 5.82 Å².